The molecule has 180 valence electrons. The van der Waals surface area contributed by atoms with Crippen molar-refractivity contribution in [3.63, 3.8) is 0 Å². The number of ether oxygens (including phenoxy) is 1. The van der Waals surface area contributed by atoms with Crippen LogP contribution >= 0.6 is 27.5 Å². The minimum absolute atomic E-state index is 0.0236. The molecule has 33 heavy (non-hydrogen) atoms. The maximum absolute atomic E-state index is 13.3. The molecule has 0 radical (unpaired) electrons. The highest BCUT2D eigenvalue weighted by atomic mass is 79.9. The monoisotopic (exact) mass is 536 g/mol. The van der Waals surface area contributed by atoms with Crippen LogP contribution in [0.1, 0.15) is 64.5 Å². The van der Waals surface area contributed by atoms with Gasteiger partial charge in [0.05, 0.1) is 4.47 Å². The summed E-state index contributed by atoms with van der Waals surface area (Å²) in [7, 11) is 0. The molecule has 2 aromatic rings. The maximum Gasteiger partial charge on any atom is 0.261 e. The Morgan fingerprint density at radius 3 is 2.36 bits per heavy atom. The van der Waals surface area contributed by atoms with Gasteiger partial charge in [0.2, 0.25) is 5.91 Å². The van der Waals surface area contributed by atoms with Crippen molar-refractivity contribution in [2.75, 3.05) is 6.61 Å². The zero-order valence-corrected chi connectivity index (χ0v) is 22.4. The standard InChI is InChI=1S/C26H34BrClN2O3/c1-6-18(5)29-26(32)23(7-2)30(15-20-10-8-9-11-22(20)28)25(31)16-33-24-13-12-19(17(3)4)14-21(24)27/h8-14,17-18,23H,6-7,15-16H2,1-5H3,(H,29,32)/t18-,23-/m0/s1. The van der Waals surface area contributed by atoms with Crippen LogP contribution in [0.25, 0.3) is 0 Å². The summed E-state index contributed by atoms with van der Waals surface area (Å²) in [6.07, 6.45) is 1.29. The van der Waals surface area contributed by atoms with Crippen LogP contribution in [-0.4, -0.2) is 35.4 Å². The first kappa shape index (κ1) is 27.2. The van der Waals surface area contributed by atoms with E-state index in [-0.39, 0.29) is 31.0 Å². The summed E-state index contributed by atoms with van der Waals surface area (Å²) in [6, 6.07) is 12.6. The number of amides is 2. The number of carbonyl (C=O) groups is 2. The van der Waals surface area contributed by atoms with Crippen molar-refractivity contribution in [3.8, 4) is 5.75 Å². The molecular formula is C26H34BrClN2O3. The van der Waals surface area contributed by atoms with Crippen molar-refractivity contribution in [3.05, 3.63) is 63.1 Å². The van der Waals surface area contributed by atoms with E-state index in [0.717, 1.165) is 16.5 Å². The number of hydrogen-bond acceptors (Lipinski definition) is 3. The number of benzene rings is 2. The molecule has 0 heterocycles. The third-order valence-electron chi connectivity index (χ3n) is 5.66. The van der Waals surface area contributed by atoms with Crippen molar-refractivity contribution in [2.24, 2.45) is 0 Å². The summed E-state index contributed by atoms with van der Waals surface area (Å²) in [6.45, 7) is 10.1. The minimum atomic E-state index is -0.627. The van der Waals surface area contributed by atoms with Crippen molar-refractivity contribution >= 4 is 39.3 Å². The largest absolute Gasteiger partial charge is 0.483 e. The van der Waals surface area contributed by atoms with Gasteiger partial charge in [-0.15, -0.1) is 0 Å². The second-order valence-electron chi connectivity index (χ2n) is 8.49. The van der Waals surface area contributed by atoms with Crippen LogP contribution < -0.4 is 10.1 Å². The Kier molecular flexibility index (Phi) is 10.7. The lowest BCUT2D eigenvalue weighted by Gasteiger charge is -2.31. The van der Waals surface area contributed by atoms with Crippen LogP contribution in [0, 0.1) is 0 Å². The molecule has 0 aliphatic heterocycles. The molecule has 0 saturated heterocycles. The number of nitrogens with zero attached hydrogens (tertiary/aromatic N) is 1. The van der Waals surface area contributed by atoms with Gasteiger partial charge in [-0.05, 0) is 70.9 Å². The van der Waals surface area contributed by atoms with Gasteiger partial charge in [-0.2, -0.15) is 0 Å². The molecule has 1 N–H and O–H groups in total. The summed E-state index contributed by atoms with van der Waals surface area (Å²) in [5, 5.41) is 3.56. The highest BCUT2D eigenvalue weighted by molar-refractivity contribution is 9.10. The summed E-state index contributed by atoms with van der Waals surface area (Å²) in [5.74, 6) is 0.524. The van der Waals surface area contributed by atoms with Crippen molar-refractivity contribution < 1.29 is 14.3 Å². The van der Waals surface area contributed by atoms with Crippen LogP contribution in [0.5, 0.6) is 5.75 Å². The zero-order valence-electron chi connectivity index (χ0n) is 20.0. The number of hydrogen-bond donors (Lipinski definition) is 1. The Morgan fingerprint density at radius 2 is 1.79 bits per heavy atom. The molecule has 0 aromatic heterocycles. The highest BCUT2D eigenvalue weighted by Crippen LogP contribution is 2.29. The molecule has 0 aliphatic carbocycles. The topological polar surface area (TPSA) is 58.6 Å². The van der Waals surface area contributed by atoms with Crippen LogP contribution in [-0.2, 0) is 16.1 Å². The lowest BCUT2D eigenvalue weighted by atomic mass is 10.0. The van der Waals surface area contributed by atoms with Gasteiger partial charge in [0.15, 0.2) is 6.61 Å². The van der Waals surface area contributed by atoms with Crippen LogP contribution in [0.4, 0.5) is 0 Å². The molecular weight excluding hydrogens is 504 g/mol. The Balaban J connectivity index is 2.25. The zero-order chi connectivity index (χ0) is 24.5. The summed E-state index contributed by atoms with van der Waals surface area (Å²) >= 11 is 9.90. The van der Waals surface area contributed by atoms with Gasteiger partial charge in [0.25, 0.3) is 5.91 Å². The van der Waals surface area contributed by atoms with Gasteiger partial charge in [0, 0.05) is 17.6 Å². The molecule has 2 rings (SSSR count). The van der Waals surface area contributed by atoms with Crippen LogP contribution in [0.3, 0.4) is 0 Å². The summed E-state index contributed by atoms with van der Waals surface area (Å²) in [5.41, 5.74) is 1.96. The van der Waals surface area contributed by atoms with E-state index in [0.29, 0.717) is 23.1 Å². The van der Waals surface area contributed by atoms with Crippen molar-refractivity contribution in [2.45, 2.75) is 72.0 Å². The van der Waals surface area contributed by atoms with Gasteiger partial charge < -0.3 is 15.0 Å². The number of carbonyl (C=O) groups excluding carboxylic acids is 2. The third kappa shape index (κ3) is 7.75. The average Bonchev–Trinajstić information content (AvgIpc) is 2.78. The lowest BCUT2D eigenvalue weighted by Crippen LogP contribution is -2.51. The second kappa shape index (κ2) is 13.0. The SMILES string of the molecule is CC[C@H](C)NC(=O)[C@H](CC)N(Cc1ccccc1Cl)C(=O)COc1ccc(C(C)C)cc1Br. The Hall–Kier alpha value is -2.05. The highest BCUT2D eigenvalue weighted by Gasteiger charge is 2.30. The lowest BCUT2D eigenvalue weighted by molar-refractivity contribution is -0.143. The Bertz CT molecular complexity index is 951. The van der Waals surface area contributed by atoms with Crippen LogP contribution in [0.2, 0.25) is 5.02 Å². The molecule has 2 aromatic carbocycles. The second-order valence-corrected chi connectivity index (χ2v) is 9.75. The van der Waals surface area contributed by atoms with E-state index in [9.17, 15) is 9.59 Å². The van der Waals surface area contributed by atoms with E-state index in [1.54, 1.807) is 11.0 Å². The third-order valence-corrected chi connectivity index (χ3v) is 6.65. The fraction of sp³-hybridized carbons (Fsp3) is 0.462. The minimum Gasteiger partial charge on any atom is -0.483 e. The molecule has 0 saturated carbocycles. The predicted molar refractivity (Wildman–Crippen MR) is 138 cm³/mol. The number of rotatable bonds is 11. The number of nitrogens with one attached hydrogen (secondary N) is 1. The maximum atomic E-state index is 13.3. The Labute approximate surface area is 211 Å². The van der Waals surface area contributed by atoms with E-state index < -0.39 is 6.04 Å². The van der Waals surface area contributed by atoms with Crippen molar-refractivity contribution in [1.82, 2.24) is 10.2 Å². The van der Waals surface area contributed by atoms with Gasteiger partial charge >= 0.3 is 0 Å². The van der Waals surface area contributed by atoms with E-state index >= 15 is 0 Å². The average molecular weight is 538 g/mol. The molecule has 5 nitrogen and oxygen atoms in total. The summed E-state index contributed by atoms with van der Waals surface area (Å²) < 4.78 is 6.65. The normalized spacial score (nSPS) is 12.8. The van der Waals surface area contributed by atoms with E-state index in [4.69, 9.17) is 16.3 Å². The molecule has 0 aliphatic rings. The fourth-order valence-electron chi connectivity index (χ4n) is 3.39. The van der Waals surface area contributed by atoms with Gasteiger partial charge in [-0.25, -0.2) is 0 Å². The molecule has 7 heteroatoms. The Morgan fingerprint density at radius 1 is 1.09 bits per heavy atom. The molecule has 0 fully saturated rings. The molecule has 0 bridgehead atoms. The first-order chi connectivity index (χ1) is 15.7. The van der Waals surface area contributed by atoms with Crippen LogP contribution in [0.15, 0.2) is 46.9 Å². The molecule has 0 spiro atoms. The quantitative estimate of drug-likeness (QED) is 0.364. The molecule has 2 atom stereocenters. The van der Waals surface area contributed by atoms with Gasteiger partial charge in [0.1, 0.15) is 11.8 Å². The molecule has 0 unspecified atom stereocenters. The molecule has 2 amide bonds. The van der Waals surface area contributed by atoms with Gasteiger partial charge in [-0.1, -0.05) is 63.6 Å². The smallest absolute Gasteiger partial charge is 0.261 e. The van der Waals surface area contributed by atoms with E-state index in [1.165, 1.54) is 5.56 Å². The first-order valence-electron chi connectivity index (χ1n) is 11.4. The van der Waals surface area contributed by atoms with E-state index in [2.05, 4.69) is 35.1 Å². The fourth-order valence-corrected chi connectivity index (χ4v) is 4.09. The number of halogens is 2. The predicted octanol–water partition coefficient (Wildman–Crippen LogP) is 6.33. The van der Waals surface area contributed by atoms with E-state index in [1.807, 2.05) is 57.2 Å². The van der Waals surface area contributed by atoms with Crippen molar-refractivity contribution in [1.29, 1.82) is 0 Å². The summed E-state index contributed by atoms with van der Waals surface area (Å²) in [4.78, 5) is 27.9. The first-order valence-corrected chi connectivity index (χ1v) is 12.6. The van der Waals surface area contributed by atoms with Gasteiger partial charge in [-0.3, -0.25) is 9.59 Å².